The van der Waals surface area contributed by atoms with Crippen molar-refractivity contribution in [1.29, 1.82) is 0 Å². The van der Waals surface area contributed by atoms with Crippen molar-refractivity contribution in [2.75, 3.05) is 5.75 Å². The molecular weight excluding hydrogens is 548 g/mol. The van der Waals surface area contributed by atoms with Crippen molar-refractivity contribution in [2.24, 2.45) is 5.92 Å². The van der Waals surface area contributed by atoms with Gasteiger partial charge < -0.3 is 30.1 Å². The highest BCUT2D eigenvalue weighted by Crippen LogP contribution is 2.43. The molecule has 2 aromatic carbocycles. The van der Waals surface area contributed by atoms with Gasteiger partial charge in [0.05, 0.1) is 30.8 Å². The summed E-state index contributed by atoms with van der Waals surface area (Å²) >= 11 is 1.32. The predicted molar refractivity (Wildman–Crippen MR) is 150 cm³/mol. The number of aliphatic hydroxyl groups is 1. The molecule has 1 fully saturated rings. The van der Waals surface area contributed by atoms with Crippen LogP contribution < -0.4 is 5.32 Å². The lowest BCUT2D eigenvalue weighted by Crippen LogP contribution is -2.38. The van der Waals surface area contributed by atoms with Crippen LogP contribution in [0.25, 0.3) is 0 Å². The first kappa shape index (κ1) is 30.2. The second-order valence-corrected chi connectivity index (χ2v) is 10.7. The maximum Gasteiger partial charge on any atom is 0.338 e. The van der Waals surface area contributed by atoms with E-state index in [0.717, 1.165) is 22.3 Å². The van der Waals surface area contributed by atoms with E-state index in [9.17, 15) is 24.6 Å². The molecule has 10 nitrogen and oxygen atoms in total. The molecular formula is C30H32N2O8S. The summed E-state index contributed by atoms with van der Waals surface area (Å²) in [7, 11) is 0. The van der Waals surface area contributed by atoms with Gasteiger partial charge in [0.15, 0.2) is 6.29 Å². The van der Waals surface area contributed by atoms with E-state index < -0.39 is 18.2 Å². The normalized spacial score (nSPS) is 20.3. The molecule has 0 spiro atoms. The van der Waals surface area contributed by atoms with E-state index in [1.165, 1.54) is 17.8 Å². The van der Waals surface area contributed by atoms with E-state index in [4.69, 9.17) is 14.6 Å². The fourth-order valence-corrected chi connectivity index (χ4v) is 5.59. The molecule has 3 aromatic rings. The van der Waals surface area contributed by atoms with Crippen LogP contribution in [0.3, 0.4) is 0 Å². The first-order valence-electron chi connectivity index (χ1n) is 13.1. The van der Waals surface area contributed by atoms with Crippen LogP contribution in [0.15, 0.2) is 71.9 Å². The van der Waals surface area contributed by atoms with Crippen molar-refractivity contribution >= 4 is 29.6 Å². The van der Waals surface area contributed by atoms with Gasteiger partial charge in [0.25, 0.3) is 0 Å². The van der Waals surface area contributed by atoms with Crippen LogP contribution in [-0.4, -0.2) is 50.0 Å². The standard InChI is InChI=1S/C30H32N2O8S/c1-18-24(17-41-28-23(29(37)38)3-2-14-31-28)39-30(40-27(18)21-8-6-20(16-33)7-9-21)22-10-4-19(5-11-22)15-32-25(34)12-13-26(35)36/h2-11,14,18,24,27,30,33H,12-13,15-17H2,1H3,(H,32,34)(H,35,36)(H,37,38)/t18-,24+,27+,30+/m0/s1. The lowest BCUT2D eigenvalue weighted by Gasteiger charge is -2.41. The van der Waals surface area contributed by atoms with Crippen molar-refractivity contribution in [1.82, 2.24) is 10.3 Å². The third-order valence-corrected chi connectivity index (χ3v) is 7.91. The number of aliphatic carboxylic acids is 1. The average molecular weight is 581 g/mol. The van der Waals surface area contributed by atoms with Crippen molar-refractivity contribution in [3.05, 3.63) is 94.7 Å². The lowest BCUT2D eigenvalue weighted by atomic mass is 9.91. The Labute approximate surface area is 241 Å². The predicted octanol–water partition coefficient (Wildman–Crippen LogP) is 4.34. The van der Waals surface area contributed by atoms with Gasteiger partial charge in [0.1, 0.15) is 5.03 Å². The molecule has 0 bridgehead atoms. The number of aromatic carboxylic acids is 1. The Morgan fingerprint density at radius 3 is 2.27 bits per heavy atom. The molecule has 41 heavy (non-hydrogen) atoms. The number of amides is 1. The molecule has 216 valence electrons. The molecule has 0 radical (unpaired) electrons. The number of nitrogens with zero attached hydrogens (tertiary/aromatic N) is 1. The monoisotopic (exact) mass is 580 g/mol. The van der Waals surface area contributed by atoms with E-state index in [1.807, 2.05) is 55.5 Å². The molecule has 4 atom stereocenters. The van der Waals surface area contributed by atoms with E-state index >= 15 is 0 Å². The maximum absolute atomic E-state index is 11.9. The van der Waals surface area contributed by atoms with Gasteiger partial charge in [-0.3, -0.25) is 9.59 Å². The molecule has 0 aliphatic carbocycles. The summed E-state index contributed by atoms with van der Waals surface area (Å²) < 4.78 is 12.9. The highest BCUT2D eigenvalue weighted by atomic mass is 32.2. The van der Waals surface area contributed by atoms with Crippen LogP contribution in [0.4, 0.5) is 0 Å². The minimum Gasteiger partial charge on any atom is -0.481 e. The molecule has 0 unspecified atom stereocenters. The van der Waals surface area contributed by atoms with E-state index in [-0.39, 0.29) is 55.6 Å². The number of hydrogen-bond donors (Lipinski definition) is 4. The third kappa shape index (κ3) is 8.14. The lowest BCUT2D eigenvalue weighted by molar-refractivity contribution is -0.268. The Kier molecular flexibility index (Phi) is 10.5. The van der Waals surface area contributed by atoms with Crippen LogP contribution in [0.2, 0.25) is 0 Å². The van der Waals surface area contributed by atoms with Crippen LogP contribution in [0.5, 0.6) is 0 Å². The van der Waals surface area contributed by atoms with Crippen molar-refractivity contribution < 1.29 is 39.2 Å². The van der Waals surface area contributed by atoms with Gasteiger partial charge in [-0.05, 0) is 28.8 Å². The van der Waals surface area contributed by atoms with E-state index in [0.29, 0.717) is 10.8 Å². The second-order valence-electron chi connectivity index (χ2n) is 9.71. The zero-order chi connectivity index (χ0) is 29.4. The minimum absolute atomic E-state index is 0.0608. The first-order chi connectivity index (χ1) is 19.7. The molecule has 1 amide bonds. The first-order valence-corrected chi connectivity index (χ1v) is 14.1. The van der Waals surface area contributed by atoms with Crippen LogP contribution in [0, 0.1) is 5.92 Å². The Morgan fingerprint density at radius 2 is 1.61 bits per heavy atom. The number of carboxylic acid groups (broad SMARTS) is 2. The van der Waals surface area contributed by atoms with Crippen LogP contribution >= 0.6 is 11.8 Å². The number of aromatic nitrogens is 1. The van der Waals surface area contributed by atoms with Gasteiger partial charge in [0, 0.05) is 36.4 Å². The van der Waals surface area contributed by atoms with Crippen LogP contribution in [-0.2, 0) is 32.2 Å². The summed E-state index contributed by atoms with van der Waals surface area (Å²) in [5.74, 6) is -2.04. The number of carbonyl (C=O) groups is 3. The number of aliphatic hydroxyl groups excluding tert-OH is 1. The highest BCUT2D eigenvalue weighted by molar-refractivity contribution is 7.99. The zero-order valence-corrected chi connectivity index (χ0v) is 23.3. The number of benzene rings is 2. The SMILES string of the molecule is C[C@H]1[C@@H](CSc2ncccc2C(=O)O)O[C@@H](c2ccc(CNC(=O)CCC(=O)O)cc2)O[C@H]1c1ccc(CO)cc1. The van der Waals surface area contributed by atoms with E-state index in [2.05, 4.69) is 10.3 Å². The van der Waals surface area contributed by atoms with Gasteiger partial charge in [-0.1, -0.05) is 55.5 Å². The summed E-state index contributed by atoms with van der Waals surface area (Å²) in [5, 5.41) is 30.9. The Morgan fingerprint density at radius 1 is 0.927 bits per heavy atom. The number of hydrogen-bond acceptors (Lipinski definition) is 8. The highest BCUT2D eigenvalue weighted by Gasteiger charge is 2.38. The summed E-state index contributed by atoms with van der Waals surface area (Å²) in [4.78, 5) is 38.5. The summed E-state index contributed by atoms with van der Waals surface area (Å²) in [5.41, 5.74) is 3.47. The molecule has 1 aliphatic heterocycles. The van der Waals surface area contributed by atoms with Gasteiger partial charge in [-0.15, -0.1) is 11.8 Å². The quantitative estimate of drug-likeness (QED) is 0.227. The topological polar surface area (TPSA) is 155 Å². The smallest absolute Gasteiger partial charge is 0.338 e. The fourth-order valence-electron chi connectivity index (χ4n) is 4.44. The van der Waals surface area contributed by atoms with Gasteiger partial charge in [-0.25, -0.2) is 9.78 Å². The number of nitrogens with one attached hydrogen (secondary N) is 1. The number of carboxylic acids is 2. The molecule has 4 N–H and O–H groups in total. The van der Waals surface area contributed by atoms with Crippen molar-refractivity contribution in [3.63, 3.8) is 0 Å². The number of pyridine rings is 1. The van der Waals surface area contributed by atoms with Crippen molar-refractivity contribution in [3.8, 4) is 0 Å². The number of thioether (sulfide) groups is 1. The van der Waals surface area contributed by atoms with E-state index in [1.54, 1.807) is 12.3 Å². The summed E-state index contributed by atoms with van der Waals surface area (Å²) in [6, 6.07) is 18.1. The number of rotatable bonds is 12. The van der Waals surface area contributed by atoms with Gasteiger partial charge in [0.2, 0.25) is 5.91 Å². The Bertz CT molecular complexity index is 1350. The molecule has 0 saturated carbocycles. The third-order valence-electron chi connectivity index (χ3n) is 6.82. The van der Waals surface area contributed by atoms with Crippen LogP contribution in [0.1, 0.15) is 64.8 Å². The zero-order valence-electron chi connectivity index (χ0n) is 22.4. The summed E-state index contributed by atoms with van der Waals surface area (Å²) in [6.45, 7) is 2.23. The minimum atomic E-state index is -1.04. The molecule has 1 aliphatic rings. The fraction of sp³-hybridized carbons (Fsp3) is 0.333. The molecule has 2 heterocycles. The number of ether oxygens (including phenoxy) is 2. The molecule has 4 rings (SSSR count). The Hall–Kier alpha value is -3.77. The number of carbonyl (C=O) groups excluding carboxylic acids is 1. The Balaban J connectivity index is 1.50. The maximum atomic E-state index is 11.9. The summed E-state index contributed by atoms with van der Waals surface area (Å²) in [6.07, 6.45) is -0.0849. The molecule has 1 aromatic heterocycles. The molecule has 11 heteroatoms. The second kappa shape index (κ2) is 14.2. The van der Waals surface area contributed by atoms with Crippen molar-refractivity contribution in [2.45, 2.75) is 56.4 Å². The molecule has 1 saturated heterocycles. The van der Waals surface area contributed by atoms with Gasteiger partial charge >= 0.3 is 11.9 Å². The average Bonchev–Trinajstić information content (AvgIpc) is 2.99. The largest absolute Gasteiger partial charge is 0.481 e. The van der Waals surface area contributed by atoms with Gasteiger partial charge in [-0.2, -0.15) is 0 Å².